The monoisotopic (exact) mass is 233 g/mol. The third-order valence-electron chi connectivity index (χ3n) is 2.88. The van der Waals surface area contributed by atoms with Gasteiger partial charge in [0.05, 0.1) is 12.0 Å². The molecule has 0 saturated carbocycles. The molecule has 0 aliphatic heterocycles. The van der Waals surface area contributed by atoms with Gasteiger partial charge in [-0.1, -0.05) is 18.2 Å². The minimum Gasteiger partial charge on any atom is -0.337 e. The molecule has 0 spiro atoms. The molecule has 0 aliphatic carbocycles. The Bertz CT molecular complexity index is 493. The van der Waals surface area contributed by atoms with E-state index in [1.807, 2.05) is 24.6 Å². The summed E-state index contributed by atoms with van der Waals surface area (Å²) in [6.45, 7) is 2.63. The molecule has 17 heavy (non-hydrogen) atoms. The Morgan fingerprint density at radius 2 is 2.18 bits per heavy atom. The molecule has 1 N–H and O–H groups in total. The van der Waals surface area contributed by atoms with Crippen molar-refractivity contribution in [3.8, 4) is 0 Å². The highest BCUT2D eigenvalue weighted by atomic mass is 19.1. The summed E-state index contributed by atoms with van der Waals surface area (Å²) in [5, 5.41) is 3.28. The topological polar surface area (TPSA) is 29.9 Å². The molecule has 90 valence electrons. The van der Waals surface area contributed by atoms with Crippen molar-refractivity contribution in [3.63, 3.8) is 0 Å². The van der Waals surface area contributed by atoms with E-state index in [2.05, 4.69) is 10.3 Å². The Kier molecular flexibility index (Phi) is 3.54. The zero-order chi connectivity index (χ0) is 12.3. The molecule has 0 saturated heterocycles. The van der Waals surface area contributed by atoms with Gasteiger partial charge in [0.25, 0.3) is 0 Å². The summed E-state index contributed by atoms with van der Waals surface area (Å²) in [6.07, 6.45) is 3.56. The maximum absolute atomic E-state index is 13.5. The van der Waals surface area contributed by atoms with Crippen molar-refractivity contribution >= 4 is 0 Å². The lowest BCUT2D eigenvalue weighted by molar-refractivity contribution is 0.520. The van der Waals surface area contributed by atoms with Crippen LogP contribution in [0.3, 0.4) is 0 Å². The van der Waals surface area contributed by atoms with E-state index in [1.165, 1.54) is 6.07 Å². The van der Waals surface area contributed by atoms with Gasteiger partial charge >= 0.3 is 0 Å². The predicted octanol–water partition coefficient (Wildman–Crippen LogP) is 2.41. The lowest BCUT2D eigenvalue weighted by Crippen LogP contribution is -2.20. The lowest BCUT2D eigenvalue weighted by atomic mass is 10.1. The molecule has 1 heterocycles. The molecule has 0 unspecified atom stereocenters. The number of aromatic nitrogens is 2. The average molecular weight is 233 g/mol. The average Bonchev–Trinajstić information content (AvgIpc) is 2.72. The van der Waals surface area contributed by atoms with Crippen LogP contribution in [0.2, 0.25) is 0 Å². The van der Waals surface area contributed by atoms with Gasteiger partial charge in [0.2, 0.25) is 0 Å². The van der Waals surface area contributed by atoms with Gasteiger partial charge in [0, 0.05) is 31.4 Å². The van der Waals surface area contributed by atoms with E-state index in [1.54, 1.807) is 24.7 Å². The normalized spacial score (nSPS) is 12.6. The molecule has 1 aromatic heterocycles. The number of rotatable bonds is 4. The summed E-state index contributed by atoms with van der Waals surface area (Å²) in [5.41, 5.74) is 1.77. The largest absolute Gasteiger partial charge is 0.337 e. The van der Waals surface area contributed by atoms with Crippen molar-refractivity contribution in [2.24, 2.45) is 7.05 Å². The molecule has 1 atom stereocenters. The number of nitrogens with one attached hydrogen (secondary N) is 1. The van der Waals surface area contributed by atoms with Crippen molar-refractivity contribution in [1.29, 1.82) is 0 Å². The molecular formula is C13H16FN3. The minimum atomic E-state index is -0.169. The van der Waals surface area contributed by atoms with Crippen LogP contribution in [0.4, 0.5) is 4.39 Å². The first-order valence-electron chi connectivity index (χ1n) is 5.61. The van der Waals surface area contributed by atoms with Gasteiger partial charge < -0.3 is 9.88 Å². The first-order chi connectivity index (χ1) is 8.18. The summed E-state index contributed by atoms with van der Waals surface area (Å²) in [4.78, 5) is 4.04. The Balaban J connectivity index is 2.01. The van der Waals surface area contributed by atoms with Crippen LogP contribution in [0.15, 0.2) is 36.8 Å². The van der Waals surface area contributed by atoms with Gasteiger partial charge in [-0.05, 0) is 13.0 Å². The van der Waals surface area contributed by atoms with Crippen LogP contribution in [-0.2, 0) is 13.6 Å². The third kappa shape index (κ3) is 2.71. The van der Waals surface area contributed by atoms with Gasteiger partial charge in [-0.3, -0.25) is 0 Å². The fourth-order valence-corrected chi connectivity index (χ4v) is 1.75. The first kappa shape index (κ1) is 11.8. The van der Waals surface area contributed by atoms with Crippen LogP contribution in [0, 0.1) is 5.82 Å². The molecule has 1 aromatic carbocycles. The van der Waals surface area contributed by atoms with Gasteiger partial charge in [-0.2, -0.15) is 0 Å². The molecule has 4 heteroatoms. The standard InChI is InChI=1S/C13H16FN3/c1-10(12-5-3-4-6-13(12)14)16-8-11-7-15-9-17(11)2/h3-7,9-10,16H,8H2,1-2H3/t10-/m1/s1. The molecular weight excluding hydrogens is 217 g/mol. The van der Waals surface area contributed by atoms with Crippen LogP contribution in [-0.4, -0.2) is 9.55 Å². The van der Waals surface area contributed by atoms with E-state index in [-0.39, 0.29) is 11.9 Å². The Labute approximate surface area is 100 Å². The molecule has 0 amide bonds. The molecule has 3 nitrogen and oxygen atoms in total. The molecule has 2 aromatic rings. The van der Waals surface area contributed by atoms with Crippen molar-refractivity contribution in [2.45, 2.75) is 19.5 Å². The smallest absolute Gasteiger partial charge is 0.127 e. The number of benzene rings is 1. The third-order valence-corrected chi connectivity index (χ3v) is 2.88. The molecule has 0 bridgehead atoms. The van der Waals surface area contributed by atoms with Gasteiger partial charge in [-0.25, -0.2) is 9.37 Å². The first-order valence-corrected chi connectivity index (χ1v) is 5.61. The van der Waals surface area contributed by atoms with Gasteiger partial charge in [0.1, 0.15) is 5.82 Å². The van der Waals surface area contributed by atoms with E-state index in [0.29, 0.717) is 12.1 Å². The number of hydrogen-bond acceptors (Lipinski definition) is 2. The van der Waals surface area contributed by atoms with Crippen LogP contribution in [0.5, 0.6) is 0 Å². The van der Waals surface area contributed by atoms with Crippen LogP contribution < -0.4 is 5.32 Å². The number of aryl methyl sites for hydroxylation is 1. The summed E-state index contributed by atoms with van der Waals surface area (Å²) in [6, 6.07) is 6.81. The fraction of sp³-hybridized carbons (Fsp3) is 0.308. The van der Waals surface area contributed by atoms with Gasteiger partial charge in [-0.15, -0.1) is 0 Å². The second-order valence-electron chi connectivity index (χ2n) is 4.12. The Hall–Kier alpha value is -1.68. The van der Waals surface area contributed by atoms with Crippen LogP contribution >= 0.6 is 0 Å². The van der Waals surface area contributed by atoms with E-state index >= 15 is 0 Å². The van der Waals surface area contributed by atoms with Crippen molar-refractivity contribution in [3.05, 3.63) is 53.9 Å². The highest BCUT2D eigenvalue weighted by molar-refractivity contribution is 5.20. The quantitative estimate of drug-likeness (QED) is 0.878. The highest BCUT2D eigenvalue weighted by Crippen LogP contribution is 2.16. The molecule has 0 radical (unpaired) electrons. The number of hydrogen-bond donors (Lipinski definition) is 1. The second kappa shape index (κ2) is 5.10. The number of halogens is 1. The zero-order valence-electron chi connectivity index (χ0n) is 10.0. The highest BCUT2D eigenvalue weighted by Gasteiger charge is 2.09. The Morgan fingerprint density at radius 3 is 2.82 bits per heavy atom. The molecule has 0 aliphatic rings. The number of imidazole rings is 1. The maximum Gasteiger partial charge on any atom is 0.127 e. The number of nitrogens with zero attached hydrogens (tertiary/aromatic N) is 2. The minimum absolute atomic E-state index is 0.0221. The van der Waals surface area contributed by atoms with Crippen molar-refractivity contribution < 1.29 is 4.39 Å². The van der Waals surface area contributed by atoms with E-state index in [9.17, 15) is 4.39 Å². The maximum atomic E-state index is 13.5. The lowest BCUT2D eigenvalue weighted by Gasteiger charge is -2.15. The Morgan fingerprint density at radius 1 is 1.41 bits per heavy atom. The van der Waals surface area contributed by atoms with E-state index in [4.69, 9.17) is 0 Å². The van der Waals surface area contributed by atoms with Crippen LogP contribution in [0.25, 0.3) is 0 Å². The van der Waals surface area contributed by atoms with E-state index < -0.39 is 0 Å². The summed E-state index contributed by atoms with van der Waals surface area (Å²) in [5.74, 6) is -0.169. The van der Waals surface area contributed by atoms with Gasteiger partial charge in [0.15, 0.2) is 0 Å². The van der Waals surface area contributed by atoms with Crippen molar-refractivity contribution in [2.75, 3.05) is 0 Å². The summed E-state index contributed by atoms with van der Waals surface area (Å²) in [7, 11) is 1.94. The second-order valence-corrected chi connectivity index (χ2v) is 4.12. The van der Waals surface area contributed by atoms with E-state index in [0.717, 1.165) is 5.69 Å². The SMILES string of the molecule is C[C@@H](NCc1cncn1C)c1ccccc1F. The zero-order valence-corrected chi connectivity index (χ0v) is 10.0. The summed E-state index contributed by atoms with van der Waals surface area (Å²) >= 11 is 0. The van der Waals surface area contributed by atoms with Crippen molar-refractivity contribution in [1.82, 2.24) is 14.9 Å². The fourth-order valence-electron chi connectivity index (χ4n) is 1.75. The van der Waals surface area contributed by atoms with Crippen LogP contribution in [0.1, 0.15) is 24.2 Å². The predicted molar refractivity (Wildman–Crippen MR) is 64.9 cm³/mol. The molecule has 0 fully saturated rings. The molecule has 2 rings (SSSR count). The summed E-state index contributed by atoms with van der Waals surface area (Å²) < 4.78 is 15.5.